The van der Waals surface area contributed by atoms with E-state index in [1.54, 1.807) is 37.8 Å². The molecule has 19 heavy (non-hydrogen) atoms. The average Bonchev–Trinajstić information content (AvgIpc) is 2.69. The van der Waals surface area contributed by atoms with E-state index in [1.165, 1.54) is 0 Å². The molecular weight excluding hydrogens is 248 g/mol. The number of halogens is 2. The van der Waals surface area contributed by atoms with Gasteiger partial charge >= 0.3 is 0 Å². The molecule has 3 nitrogen and oxygen atoms in total. The zero-order valence-corrected chi connectivity index (χ0v) is 11.5. The van der Waals surface area contributed by atoms with Crippen LogP contribution in [0.1, 0.15) is 28.4 Å². The molecule has 1 aromatic carbocycles. The highest BCUT2D eigenvalue weighted by Crippen LogP contribution is 2.28. The Morgan fingerprint density at radius 1 is 1.16 bits per heavy atom. The molecule has 0 aliphatic rings. The lowest BCUT2D eigenvalue weighted by molar-refractivity contribution is 0.482. The van der Waals surface area contributed by atoms with Gasteiger partial charge in [-0.25, -0.2) is 8.78 Å². The third-order valence-electron chi connectivity index (χ3n) is 3.27. The van der Waals surface area contributed by atoms with Crippen LogP contribution < -0.4 is 5.32 Å². The molecule has 2 aromatic rings. The lowest BCUT2D eigenvalue weighted by Crippen LogP contribution is -2.20. The van der Waals surface area contributed by atoms with Gasteiger partial charge in [0.1, 0.15) is 0 Å². The summed E-state index contributed by atoms with van der Waals surface area (Å²) in [4.78, 5) is 0. The van der Waals surface area contributed by atoms with Crippen LogP contribution >= 0.6 is 0 Å². The van der Waals surface area contributed by atoms with Crippen molar-refractivity contribution >= 4 is 0 Å². The Balaban J connectivity index is 2.54. The van der Waals surface area contributed by atoms with Gasteiger partial charge in [-0.3, -0.25) is 4.68 Å². The first-order chi connectivity index (χ1) is 8.95. The fourth-order valence-corrected chi connectivity index (χ4v) is 2.26. The molecule has 1 aromatic heterocycles. The monoisotopic (exact) mass is 265 g/mol. The molecule has 0 amide bonds. The number of hydrogen-bond donors (Lipinski definition) is 1. The van der Waals surface area contributed by atoms with Crippen LogP contribution in [0.15, 0.2) is 18.3 Å². The van der Waals surface area contributed by atoms with E-state index < -0.39 is 17.7 Å². The molecule has 0 bridgehead atoms. The molecule has 0 aliphatic carbocycles. The number of nitrogens with one attached hydrogen (secondary N) is 1. The lowest BCUT2D eigenvalue weighted by Gasteiger charge is -2.17. The van der Waals surface area contributed by atoms with E-state index >= 15 is 0 Å². The fraction of sp³-hybridized carbons (Fsp3) is 0.357. The van der Waals surface area contributed by atoms with Gasteiger partial charge < -0.3 is 5.32 Å². The van der Waals surface area contributed by atoms with E-state index in [1.807, 2.05) is 13.1 Å². The maximum Gasteiger partial charge on any atom is 0.164 e. The largest absolute Gasteiger partial charge is 0.309 e. The summed E-state index contributed by atoms with van der Waals surface area (Å²) < 4.78 is 29.4. The molecule has 0 fully saturated rings. The second-order valence-corrected chi connectivity index (χ2v) is 4.66. The molecule has 1 heterocycles. The summed E-state index contributed by atoms with van der Waals surface area (Å²) in [6, 6.07) is 2.79. The highest BCUT2D eigenvalue weighted by Gasteiger charge is 2.22. The Morgan fingerprint density at radius 3 is 2.37 bits per heavy atom. The standard InChI is InChI=1S/C14H17F2N3/c1-8-5-6-10(13(16)12(8)15)14(17-3)11-7-19(4)18-9(11)2/h5-7,14,17H,1-4H3. The fourth-order valence-electron chi connectivity index (χ4n) is 2.26. The van der Waals surface area contributed by atoms with E-state index in [4.69, 9.17) is 0 Å². The molecule has 2 rings (SSSR count). The van der Waals surface area contributed by atoms with Crippen molar-refractivity contribution in [3.63, 3.8) is 0 Å². The number of nitrogens with zero attached hydrogens (tertiary/aromatic N) is 2. The first kappa shape index (κ1) is 13.7. The minimum atomic E-state index is -0.803. The van der Waals surface area contributed by atoms with Crippen LogP contribution in [0.3, 0.4) is 0 Å². The molecule has 0 spiro atoms. The van der Waals surface area contributed by atoms with Crippen molar-refractivity contribution in [3.05, 3.63) is 52.3 Å². The molecule has 0 radical (unpaired) electrons. The lowest BCUT2D eigenvalue weighted by atomic mass is 9.97. The summed E-state index contributed by atoms with van der Waals surface area (Å²) >= 11 is 0. The van der Waals surface area contributed by atoms with Gasteiger partial charge in [0.2, 0.25) is 0 Å². The van der Waals surface area contributed by atoms with Gasteiger partial charge in [0, 0.05) is 24.4 Å². The van der Waals surface area contributed by atoms with Gasteiger partial charge in [0.05, 0.1) is 11.7 Å². The second kappa shape index (κ2) is 5.09. The van der Waals surface area contributed by atoms with Gasteiger partial charge in [-0.2, -0.15) is 5.10 Å². The quantitative estimate of drug-likeness (QED) is 0.924. The number of hydrogen-bond acceptors (Lipinski definition) is 2. The highest BCUT2D eigenvalue weighted by molar-refractivity contribution is 5.36. The molecular formula is C14H17F2N3. The van der Waals surface area contributed by atoms with E-state index in [2.05, 4.69) is 10.4 Å². The zero-order chi connectivity index (χ0) is 14.2. The van der Waals surface area contributed by atoms with Crippen molar-refractivity contribution in [2.45, 2.75) is 19.9 Å². The van der Waals surface area contributed by atoms with Crippen LogP contribution in [0.5, 0.6) is 0 Å². The van der Waals surface area contributed by atoms with Crippen LogP contribution in [0.25, 0.3) is 0 Å². The normalized spacial score (nSPS) is 12.7. The third kappa shape index (κ3) is 2.38. The van der Waals surface area contributed by atoms with Crippen LogP contribution in [0, 0.1) is 25.5 Å². The summed E-state index contributed by atoms with van der Waals surface area (Å²) in [5.74, 6) is -1.60. The van der Waals surface area contributed by atoms with Crippen LogP contribution in [-0.4, -0.2) is 16.8 Å². The van der Waals surface area contributed by atoms with Crippen molar-refractivity contribution in [2.75, 3.05) is 7.05 Å². The summed E-state index contributed by atoms with van der Waals surface area (Å²) in [5, 5.41) is 7.25. The zero-order valence-electron chi connectivity index (χ0n) is 11.5. The Morgan fingerprint density at radius 2 is 1.84 bits per heavy atom. The molecule has 1 N–H and O–H groups in total. The van der Waals surface area contributed by atoms with E-state index in [0.29, 0.717) is 11.1 Å². The number of rotatable bonds is 3. The number of benzene rings is 1. The van der Waals surface area contributed by atoms with Gasteiger partial charge in [-0.05, 0) is 26.5 Å². The SMILES string of the molecule is CNC(c1cn(C)nc1C)c1ccc(C)c(F)c1F. The smallest absolute Gasteiger partial charge is 0.164 e. The average molecular weight is 265 g/mol. The summed E-state index contributed by atoms with van der Waals surface area (Å²) in [6.07, 6.45) is 1.81. The van der Waals surface area contributed by atoms with Gasteiger partial charge in [0.15, 0.2) is 11.6 Å². The first-order valence-corrected chi connectivity index (χ1v) is 6.07. The van der Waals surface area contributed by atoms with Crippen molar-refractivity contribution < 1.29 is 8.78 Å². The minimum Gasteiger partial charge on any atom is -0.309 e. The van der Waals surface area contributed by atoms with Crippen LogP contribution in [0.4, 0.5) is 8.78 Å². The van der Waals surface area contributed by atoms with E-state index in [0.717, 1.165) is 11.3 Å². The van der Waals surface area contributed by atoms with Gasteiger partial charge in [-0.15, -0.1) is 0 Å². The number of aryl methyl sites for hydroxylation is 3. The van der Waals surface area contributed by atoms with Crippen molar-refractivity contribution in [3.8, 4) is 0 Å². The Kier molecular flexibility index (Phi) is 3.66. The topological polar surface area (TPSA) is 29.9 Å². The maximum atomic E-state index is 14.1. The minimum absolute atomic E-state index is 0.293. The van der Waals surface area contributed by atoms with Gasteiger partial charge in [-0.1, -0.05) is 12.1 Å². The van der Waals surface area contributed by atoms with Gasteiger partial charge in [0.25, 0.3) is 0 Å². The second-order valence-electron chi connectivity index (χ2n) is 4.66. The summed E-state index contributed by atoms with van der Waals surface area (Å²) in [7, 11) is 3.52. The summed E-state index contributed by atoms with van der Waals surface area (Å²) in [6.45, 7) is 3.40. The highest BCUT2D eigenvalue weighted by atomic mass is 19.2. The van der Waals surface area contributed by atoms with Crippen molar-refractivity contribution in [2.24, 2.45) is 7.05 Å². The maximum absolute atomic E-state index is 14.1. The Labute approximate surface area is 111 Å². The number of aromatic nitrogens is 2. The molecule has 0 saturated carbocycles. The molecule has 1 atom stereocenters. The van der Waals surface area contributed by atoms with Crippen molar-refractivity contribution in [1.29, 1.82) is 0 Å². The Hall–Kier alpha value is -1.75. The van der Waals surface area contributed by atoms with Crippen LogP contribution in [0.2, 0.25) is 0 Å². The molecule has 102 valence electrons. The predicted molar refractivity (Wildman–Crippen MR) is 69.9 cm³/mol. The van der Waals surface area contributed by atoms with E-state index in [9.17, 15) is 8.78 Å². The molecule has 0 saturated heterocycles. The first-order valence-electron chi connectivity index (χ1n) is 6.07. The predicted octanol–water partition coefficient (Wildman–Crippen LogP) is 2.62. The Bertz CT molecular complexity index is 605. The molecule has 5 heteroatoms. The van der Waals surface area contributed by atoms with E-state index in [-0.39, 0.29) is 0 Å². The summed E-state index contributed by atoms with van der Waals surface area (Å²) in [5.41, 5.74) is 2.23. The molecule has 1 unspecified atom stereocenters. The molecule has 0 aliphatic heterocycles. The van der Waals surface area contributed by atoms with Crippen molar-refractivity contribution in [1.82, 2.24) is 15.1 Å². The third-order valence-corrected chi connectivity index (χ3v) is 3.27. The van der Waals surface area contributed by atoms with Crippen LogP contribution in [-0.2, 0) is 7.05 Å².